The van der Waals surface area contributed by atoms with E-state index in [2.05, 4.69) is 15.6 Å². The Morgan fingerprint density at radius 3 is 2.36 bits per heavy atom. The number of urea groups is 1. The molecule has 196 valence electrons. The van der Waals surface area contributed by atoms with Crippen LogP contribution in [-0.4, -0.2) is 33.9 Å². The number of hydrogen-bond donors (Lipinski definition) is 2. The topological polar surface area (TPSA) is 90.9 Å². The Labute approximate surface area is 227 Å². The lowest BCUT2D eigenvalue weighted by Crippen LogP contribution is -2.49. The van der Waals surface area contributed by atoms with Gasteiger partial charge in [0.2, 0.25) is 6.17 Å². The molecule has 39 heavy (non-hydrogen) atoms. The van der Waals surface area contributed by atoms with Crippen LogP contribution in [-0.2, 0) is 15.6 Å². The molecule has 1 aliphatic heterocycles. The molecule has 0 fully saturated rings. The van der Waals surface area contributed by atoms with Gasteiger partial charge >= 0.3 is 6.03 Å². The molecule has 1 heterocycles. The molecule has 0 radical (unpaired) electrons. The highest BCUT2D eigenvalue weighted by atomic mass is 32.2. The summed E-state index contributed by atoms with van der Waals surface area (Å²) < 4.78 is 28.3. The molecule has 1 aliphatic rings. The summed E-state index contributed by atoms with van der Waals surface area (Å²) in [4.78, 5) is 33.4. The van der Waals surface area contributed by atoms with Crippen molar-refractivity contribution in [3.63, 3.8) is 0 Å². The second-order valence-corrected chi connectivity index (χ2v) is 10.3. The van der Waals surface area contributed by atoms with Gasteiger partial charge in [-0.15, -0.1) is 0 Å². The zero-order valence-electron chi connectivity index (χ0n) is 21.0. The number of para-hydroxylation sites is 1. The molecule has 9 heteroatoms. The quantitative estimate of drug-likeness (QED) is 0.351. The van der Waals surface area contributed by atoms with E-state index in [0.29, 0.717) is 21.8 Å². The molecule has 5 rings (SSSR count). The van der Waals surface area contributed by atoms with Crippen LogP contribution < -0.4 is 15.5 Å². The van der Waals surface area contributed by atoms with E-state index in [-0.39, 0.29) is 17.2 Å². The van der Waals surface area contributed by atoms with E-state index in [9.17, 15) is 13.8 Å². The molecule has 0 aliphatic carbocycles. The van der Waals surface area contributed by atoms with E-state index in [1.807, 2.05) is 19.1 Å². The first-order chi connectivity index (χ1) is 18.9. The molecule has 2 atom stereocenters. The third-order valence-electron chi connectivity index (χ3n) is 6.13. The Kier molecular flexibility index (Phi) is 7.60. The van der Waals surface area contributed by atoms with Gasteiger partial charge in [0.15, 0.2) is 0 Å². The second-order valence-electron chi connectivity index (χ2n) is 8.90. The lowest BCUT2D eigenvalue weighted by Gasteiger charge is -2.25. The van der Waals surface area contributed by atoms with Crippen LogP contribution >= 0.6 is 0 Å². The molecule has 7 nitrogen and oxygen atoms in total. The van der Waals surface area contributed by atoms with Gasteiger partial charge in [0.1, 0.15) is 11.7 Å². The first kappa shape index (κ1) is 26.0. The lowest BCUT2D eigenvalue weighted by atomic mass is 10.00. The van der Waals surface area contributed by atoms with Crippen molar-refractivity contribution in [2.24, 2.45) is 4.99 Å². The van der Waals surface area contributed by atoms with Gasteiger partial charge in [-0.2, -0.15) is 0 Å². The van der Waals surface area contributed by atoms with Crippen molar-refractivity contribution in [1.29, 1.82) is 0 Å². The normalized spacial score (nSPS) is 15.5. The molecular weight excluding hydrogens is 515 g/mol. The highest BCUT2D eigenvalue weighted by Crippen LogP contribution is 2.30. The molecule has 2 unspecified atom stereocenters. The number of fused-ring (bicyclic) bond motifs is 1. The first-order valence-electron chi connectivity index (χ1n) is 12.2. The summed E-state index contributed by atoms with van der Waals surface area (Å²) in [5.41, 5.74) is 2.75. The fourth-order valence-corrected chi connectivity index (χ4v) is 5.41. The highest BCUT2D eigenvalue weighted by Gasteiger charge is 2.34. The van der Waals surface area contributed by atoms with Crippen molar-refractivity contribution in [2.45, 2.75) is 18.0 Å². The first-order valence-corrected chi connectivity index (χ1v) is 13.5. The number of carbonyl (C=O) groups is 2. The van der Waals surface area contributed by atoms with E-state index in [0.717, 1.165) is 5.56 Å². The molecule has 2 N–H and O–H groups in total. The Hall–Kier alpha value is -4.63. The number of rotatable bonds is 6. The van der Waals surface area contributed by atoms with Crippen LogP contribution in [0.3, 0.4) is 0 Å². The van der Waals surface area contributed by atoms with E-state index in [4.69, 9.17) is 0 Å². The third kappa shape index (κ3) is 5.78. The molecular formula is C30H25FN4O3S. The van der Waals surface area contributed by atoms with E-state index >= 15 is 4.39 Å². The van der Waals surface area contributed by atoms with Gasteiger partial charge in [-0.3, -0.25) is 13.9 Å². The van der Waals surface area contributed by atoms with Crippen molar-refractivity contribution in [2.75, 3.05) is 16.1 Å². The fourth-order valence-electron chi connectivity index (χ4n) is 4.30. The van der Waals surface area contributed by atoms with E-state index < -0.39 is 34.7 Å². The Morgan fingerprint density at radius 2 is 1.62 bits per heavy atom. The number of benzodiazepines with no additional fused rings is 1. The summed E-state index contributed by atoms with van der Waals surface area (Å²) in [5.74, 6) is -1.31. The summed E-state index contributed by atoms with van der Waals surface area (Å²) in [6, 6.07) is 28.3. The Bertz CT molecular complexity index is 1590. The molecule has 0 spiro atoms. The van der Waals surface area contributed by atoms with Crippen LogP contribution in [0.2, 0.25) is 0 Å². The van der Waals surface area contributed by atoms with Crippen LogP contribution in [0, 0.1) is 12.7 Å². The standard InChI is InChI=1S/C30H25FN4O3S/c1-20-10-9-11-21(18-20)32-30(37)34-28-29(36)35(19-39(38)22-12-3-2-4-13-22)26-17-8-6-15-24(26)27(33-28)23-14-5-7-16-25(23)31/h2-18,28H,19H2,1H3,(H2,32,34,37). The van der Waals surface area contributed by atoms with E-state index in [1.165, 1.54) is 11.0 Å². The highest BCUT2D eigenvalue weighted by molar-refractivity contribution is 7.85. The van der Waals surface area contributed by atoms with Crippen LogP contribution in [0.5, 0.6) is 0 Å². The average Bonchev–Trinajstić information content (AvgIpc) is 3.04. The minimum Gasteiger partial charge on any atom is -0.308 e. The Morgan fingerprint density at radius 1 is 0.923 bits per heavy atom. The summed E-state index contributed by atoms with van der Waals surface area (Å²) in [7, 11) is -1.59. The van der Waals surface area contributed by atoms with Crippen molar-refractivity contribution < 1.29 is 18.2 Å². The zero-order chi connectivity index (χ0) is 27.4. The smallest absolute Gasteiger partial charge is 0.308 e. The summed E-state index contributed by atoms with van der Waals surface area (Å²) in [5, 5.41) is 5.34. The number of nitrogens with zero attached hydrogens (tertiary/aromatic N) is 2. The maximum Gasteiger partial charge on any atom is 0.321 e. The van der Waals surface area contributed by atoms with Gasteiger partial charge < -0.3 is 10.6 Å². The maximum absolute atomic E-state index is 15.0. The zero-order valence-corrected chi connectivity index (χ0v) is 21.8. The third-order valence-corrected chi connectivity index (χ3v) is 7.42. The van der Waals surface area contributed by atoms with Crippen LogP contribution in [0.25, 0.3) is 0 Å². The number of aliphatic imine (C=N–C) groups is 1. The molecule has 0 aromatic heterocycles. The number of benzene rings is 4. The average molecular weight is 541 g/mol. The monoisotopic (exact) mass is 540 g/mol. The van der Waals surface area contributed by atoms with Crippen LogP contribution in [0.4, 0.5) is 20.6 Å². The van der Waals surface area contributed by atoms with Gasteiger partial charge in [-0.1, -0.05) is 60.7 Å². The van der Waals surface area contributed by atoms with Gasteiger partial charge in [-0.05, 0) is 55.0 Å². The molecule has 0 saturated carbocycles. The molecule has 4 aromatic carbocycles. The number of carbonyl (C=O) groups excluding carboxylic acids is 2. The number of nitrogens with one attached hydrogen (secondary N) is 2. The van der Waals surface area contributed by atoms with Crippen LogP contribution in [0.15, 0.2) is 113 Å². The fraction of sp³-hybridized carbons (Fsp3) is 0.100. The predicted octanol–water partition coefficient (Wildman–Crippen LogP) is 5.23. The molecule has 3 amide bonds. The predicted molar refractivity (Wildman–Crippen MR) is 151 cm³/mol. The lowest BCUT2D eigenvalue weighted by molar-refractivity contribution is -0.119. The maximum atomic E-state index is 15.0. The van der Waals surface area contributed by atoms with Gasteiger partial charge in [0, 0.05) is 21.7 Å². The Balaban J connectivity index is 1.56. The molecule has 4 aromatic rings. The molecule has 0 saturated heterocycles. The number of halogens is 1. The van der Waals surface area contributed by atoms with Crippen molar-refractivity contribution in [1.82, 2.24) is 5.32 Å². The van der Waals surface area contributed by atoms with Crippen molar-refractivity contribution >= 4 is 39.8 Å². The SMILES string of the molecule is Cc1cccc(NC(=O)NC2N=C(c3ccccc3F)c3ccccc3N(CS(=O)c3ccccc3)C2=O)c1. The minimum atomic E-state index is -1.59. The number of aryl methyl sites for hydroxylation is 1. The van der Waals surface area contributed by atoms with Crippen molar-refractivity contribution in [3.05, 3.63) is 126 Å². The summed E-state index contributed by atoms with van der Waals surface area (Å²) in [6.45, 7) is 1.89. The van der Waals surface area contributed by atoms with Gasteiger partial charge in [0.25, 0.3) is 5.91 Å². The second kappa shape index (κ2) is 11.4. The van der Waals surface area contributed by atoms with Crippen LogP contribution in [0.1, 0.15) is 16.7 Å². The summed E-state index contributed by atoms with van der Waals surface area (Å²) >= 11 is 0. The van der Waals surface area contributed by atoms with Gasteiger partial charge in [0.05, 0.1) is 22.2 Å². The number of anilines is 2. The van der Waals surface area contributed by atoms with E-state index in [1.54, 1.807) is 84.9 Å². The van der Waals surface area contributed by atoms with Crippen molar-refractivity contribution in [3.8, 4) is 0 Å². The van der Waals surface area contributed by atoms with Gasteiger partial charge in [-0.25, -0.2) is 14.2 Å². The molecule has 0 bridgehead atoms. The minimum absolute atomic E-state index is 0.176. The number of hydrogen-bond acceptors (Lipinski definition) is 4. The summed E-state index contributed by atoms with van der Waals surface area (Å²) in [6.07, 6.45) is -1.41. The number of amides is 3. The largest absolute Gasteiger partial charge is 0.321 e.